The summed E-state index contributed by atoms with van der Waals surface area (Å²) in [6.45, 7) is 1.39. The lowest BCUT2D eigenvalue weighted by Crippen LogP contribution is -2.02. The fourth-order valence-electron chi connectivity index (χ4n) is 0.110. The smallest absolute Gasteiger partial charge is 0.333 e. The number of thiol groups is 1. The fraction of sp³-hybridized carbons (Fsp3) is 0.250. The second kappa shape index (κ2) is 2.61. The summed E-state index contributed by atoms with van der Waals surface area (Å²) in [5.41, 5.74) is 5.08. The minimum absolute atomic E-state index is 0.0532. The minimum Gasteiger partial charge on any atom is -0.478 e. The monoisotopic (exact) mass is 133 g/mol. The van der Waals surface area contributed by atoms with Crippen molar-refractivity contribution in [2.45, 2.75) is 6.92 Å². The van der Waals surface area contributed by atoms with Crippen molar-refractivity contribution in [1.82, 2.24) is 0 Å². The molecule has 0 unspecified atom stereocenters. The standard InChI is InChI=1S/C4H7NO2S/c1-2(3(5)8)4(6)7/h8H,5H2,1H3,(H,6,7). The van der Waals surface area contributed by atoms with Crippen molar-refractivity contribution in [3.05, 3.63) is 10.6 Å². The highest BCUT2D eigenvalue weighted by molar-refractivity contribution is 7.84. The third-order valence-corrected chi connectivity index (χ3v) is 1.04. The minimum atomic E-state index is -1.03. The Hall–Kier alpha value is -0.640. The average Bonchev–Trinajstić information content (AvgIpc) is 1.64. The summed E-state index contributed by atoms with van der Waals surface area (Å²) in [5.74, 6) is -1.03. The first-order chi connectivity index (χ1) is 3.55. The molecular weight excluding hydrogens is 126 g/mol. The second-order valence-corrected chi connectivity index (χ2v) is 1.80. The number of carbonyl (C=O) groups is 1. The van der Waals surface area contributed by atoms with Gasteiger partial charge in [-0.05, 0) is 6.92 Å². The molecule has 0 saturated heterocycles. The molecule has 0 saturated carbocycles. The highest BCUT2D eigenvalue weighted by atomic mass is 32.1. The van der Waals surface area contributed by atoms with Crippen molar-refractivity contribution < 1.29 is 9.90 Å². The van der Waals surface area contributed by atoms with Crippen LogP contribution in [-0.2, 0) is 4.79 Å². The predicted molar refractivity (Wildman–Crippen MR) is 33.5 cm³/mol. The van der Waals surface area contributed by atoms with Gasteiger partial charge in [0.2, 0.25) is 0 Å². The van der Waals surface area contributed by atoms with Gasteiger partial charge in [0, 0.05) is 0 Å². The molecule has 0 aliphatic heterocycles. The second-order valence-electron chi connectivity index (χ2n) is 1.32. The van der Waals surface area contributed by atoms with Gasteiger partial charge in [0.1, 0.15) is 0 Å². The Labute approximate surface area is 52.6 Å². The van der Waals surface area contributed by atoms with Crippen molar-refractivity contribution in [1.29, 1.82) is 0 Å². The van der Waals surface area contributed by atoms with Crippen LogP contribution in [0.4, 0.5) is 0 Å². The van der Waals surface area contributed by atoms with E-state index in [0.717, 1.165) is 0 Å². The van der Waals surface area contributed by atoms with Crippen LogP contribution in [0.1, 0.15) is 6.92 Å². The van der Waals surface area contributed by atoms with Crippen LogP contribution in [-0.4, -0.2) is 11.1 Å². The maximum Gasteiger partial charge on any atom is 0.333 e. The van der Waals surface area contributed by atoms with Gasteiger partial charge >= 0.3 is 5.97 Å². The Morgan fingerprint density at radius 1 is 1.75 bits per heavy atom. The molecule has 0 aromatic heterocycles. The molecule has 0 aliphatic carbocycles. The zero-order valence-corrected chi connectivity index (χ0v) is 5.27. The van der Waals surface area contributed by atoms with Crippen molar-refractivity contribution in [2.75, 3.05) is 0 Å². The number of hydrogen-bond acceptors (Lipinski definition) is 3. The van der Waals surface area contributed by atoms with E-state index in [0.29, 0.717) is 0 Å². The van der Waals surface area contributed by atoms with Gasteiger partial charge in [-0.3, -0.25) is 0 Å². The molecule has 0 aliphatic rings. The number of carboxylic acids is 1. The van der Waals surface area contributed by atoms with Crippen LogP contribution < -0.4 is 5.73 Å². The van der Waals surface area contributed by atoms with Gasteiger partial charge in [-0.2, -0.15) is 0 Å². The first-order valence-electron chi connectivity index (χ1n) is 1.94. The molecule has 0 atom stereocenters. The number of carboxylic acid groups (broad SMARTS) is 1. The maximum absolute atomic E-state index is 9.95. The largest absolute Gasteiger partial charge is 0.478 e. The summed E-state index contributed by atoms with van der Waals surface area (Å²) >= 11 is 3.61. The van der Waals surface area contributed by atoms with Gasteiger partial charge in [-0.15, -0.1) is 12.6 Å². The van der Waals surface area contributed by atoms with E-state index in [2.05, 4.69) is 12.6 Å². The first kappa shape index (κ1) is 7.36. The Morgan fingerprint density at radius 3 is 2.12 bits per heavy atom. The van der Waals surface area contributed by atoms with Crippen molar-refractivity contribution in [3.8, 4) is 0 Å². The van der Waals surface area contributed by atoms with Crippen LogP contribution in [0.5, 0.6) is 0 Å². The third-order valence-electron chi connectivity index (χ3n) is 0.705. The Bertz CT molecular complexity index is 137. The molecule has 46 valence electrons. The SMILES string of the molecule is CC(C(=O)O)=C(N)S. The molecule has 0 aromatic rings. The lowest BCUT2D eigenvalue weighted by atomic mass is 10.3. The zero-order valence-electron chi connectivity index (χ0n) is 4.38. The fourth-order valence-corrected chi connectivity index (χ4v) is 0.205. The lowest BCUT2D eigenvalue weighted by Gasteiger charge is -1.91. The molecule has 8 heavy (non-hydrogen) atoms. The summed E-state index contributed by atoms with van der Waals surface area (Å²) in [6.07, 6.45) is 0. The summed E-state index contributed by atoms with van der Waals surface area (Å²) in [5, 5.41) is 8.22. The van der Waals surface area contributed by atoms with Gasteiger partial charge in [-0.1, -0.05) is 0 Å². The van der Waals surface area contributed by atoms with E-state index >= 15 is 0 Å². The van der Waals surface area contributed by atoms with Crippen LogP contribution in [0.3, 0.4) is 0 Å². The predicted octanol–water partition coefficient (Wildman–Crippen LogP) is 0.191. The Kier molecular flexibility index (Phi) is 2.41. The van der Waals surface area contributed by atoms with Crippen LogP contribution >= 0.6 is 12.6 Å². The molecule has 0 fully saturated rings. The van der Waals surface area contributed by atoms with Crippen LogP contribution in [0.25, 0.3) is 0 Å². The third kappa shape index (κ3) is 1.88. The van der Waals surface area contributed by atoms with E-state index in [9.17, 15) is 4.79 Å². The van der Waals surface area contributed by atoms with Crippen LogP contribution in [0, 0.1) is 0 Å². The number of aliphatic carboxylic acids is 1. The summed E-state index contributed by atoms with van der Waals surface area (Å²) in [4.78, 5) is 9.95. The first-order valence-corrected chi connectivity index (χ1v) is 2.39. The summed E-state index contributed by atoms with van der Waals surface area (Å²) in [6, 6.07) is 0. The molecule has 4 heteroatoms. The van der Waals surface area contributed by atoms with E-state index in [1.54, 1.807) is 0 Å². The van der Waals surface area contributed by atoms with E-state index in [-0.39, 0.29) is 10.6 Å². The quantitative estimate of drug-likeness (QED) is 0.353. The van der Waals surface area contributed by atoms with Crippen molar-refractivity contribution in [3.63, 3.8) is 0 Å². The molecule has 0 aromatic carbocycles. The van der Waals surface area contributed by atoms with E-state index < -0.39 is 5.97 Å². The molecule has 0 rings (SSSR count). The molecule has 0 amide bonds. The Balaban J connectivity index is 4.23. The molecule has 3 N–H and O–H groups in total. The molecule has 0 radical (unpaired) electrons. The topological polar surface area (TPSA) is 63.3 Å². The van der Waals surface area contributed by atoms with Crippen LogP contribution in [0.2, 0.25) is 0 Å². The Morgan fingerprint density at radius 2 is 2.12 bits per heavy atom. The maximum atomic E-state index is 9.95. The summed E-state index contributed by atoms with van der Waals surface area (Å²) < 4.78 is 0. The number of hydrogen-bond donors (Lipinski definition) is 3. The van der Waals surface area contributed by atoms with E-state index in [1.807, 2.05) is 0 Å². The molecule has 0 heterocycles. The lowest BCUT2D eigenvalue weighted by molar-refractivity contribution is -0.132. The van der Waals surface area contributed by atoms with Gasteiger partial charge in [0.15, 0.2) is 0 Å². The normalized spacial score (nSPS) is 12.8. The summed E-state index contributed by atoms with van der Waals surface area (Å²) in [7, 11) is 0. The van der Waals surface area contributed by atoms with Crippen LogP contribution in [0.15, 0.2) is 10.6 Å². The van der Waals surface area contributed by atoms with Gasteiger partial charge in [-0.25, -0.2) is 4.79 Å². The van der Waals surface area contributed by atoms with Gasteiger partial charge in [0.05, 0.1) is 10.6 Å². The van der Waals surface area contributed by atoms with Gasteiger partial charge < -0.3 is 10.8 Å². The highest BCUT2D eigenvalue weighted by Gasteiger charge is 2.00. The van der Waals surface area contributed by atoms with E-state index in [4.69, 9.17) is 10.8 Å². The highest BCUT2D eigenvalue weighted by Crippen LogP contribution is 1.99. The molecular formula is C4H7NO2S. The number of rotatable bonds is 1. The average molecular weight is 133 g/mol. The van der Waals surface area contributed by atoms with Gasteiger partial charge in [0.25, 0.3) is 0 Å². The molecule has 0 bridgehead atoms. The van der Waals surface area contributed by atoms with Crippen molar-refractivity contribution >= 4 is 18.6 Å². The zero-order chi connectivity index (χ0) is 6.73. The molecule has 3 nitrogen and oxygen atoms in total. The number of nitrogens with two attached hydrogens (primary N) is 1. The van der Waals surface area contributed by atoms with E-state index in [1.165, 1.54) is 6.92 Å². The van der Waals surface area contributed by atoms with Crippen molar-refractivity contribution in [2.24, 2.45) is 5.73 Å². The molecule has 0 spiro atoms.